The van der Waals surface area contributed by atoms with Gasteiger partial charge >= 0.3 is 0 Å². The zero-order valence-corrected chi connectivity index (χ0v) is 6.76. The van der Waals surface area contributed by atoms with Crippen LogP contribution in [-0.4, -0.2) is 4.98 Å². The highest BCUT2D eigenvalue weighted by Crippen LogP contribution is 2.07. The first-order valence-electron chi connectivity index (χ1n) is 3.53. The molecule has 0 saturated heterocycles. The van der Waals surface area contributed by atoms with Crippen LogP contribution < -0.4 is 0 Å². The van der Waals surface area contributed by atoms with E-state index in [0.717, 1.165) is 16.8 Å². The smallest absolute Gasteiger partial charge is 0.0669 e. The molecule has 0 aliphatic rings. The molecule has 1 aromatic rings. The lowest BCUT2D eigenvalue weighted by Crippen LogP contribution is -1.90. The lowest BCUT2D eigenvalue weighted by molar-refractivity contribution is 1.10. The topological polar surface area (TPSA) is 36.7 Å². The second-order valence-electron chi connectivity index (χ2n) is 2.59. The fraction of sp³-hybridized carbons (Fsp3) is 0.333. The van der Waals surface area contributed by atoms with E-state index in [-0.39, 0.29) is 0 Å². The van der Waals surface area contributed by atoms with Crippen molar-refractivity contribution in [3.8, 4) is 6.07 Å². The molecule has 0 amide bonds. The summed E-state index contributed by atoms with van der Waals surface area (Å²) in [4.78, 5) is 4.11. The van der Waals surface area contributed by atoms with Crippen molar-refractivity contribution in [1.82, 2.24) is 4.98 Å². The number of hydrogen-bond donors (Lipinski definition) is 0. The van der Waals surface area contributed by atoms with Crippen LogP contribution in [0.15, 0.2) is 12.3 Å². The van der Waals surface area contributed by atoms with Crippen LogP contribution in [0.2, 0.25) is 0 Å². The molecule has 0 aliphatic heterocycles. The van der Waals surface area contributed by atoms with Crippen LogP contribution in [0.3, 0.4) is 0 Å². The Labute approximate surface area is 66.5 Å². The largest absolute Gasteiger partial charge is 0.261 e. The van der Waals surface area contributed by atoms with Gasteiger partial charge < -0.3 is 0 Å². The highest BCUT2D eigenvalue weighted by molar-refractivity contribution is 5.27. The van der Waals surface area contributed by atoms with Crippen LogP contribution in [0.4, 0.5) is 0 Å². The number of nitrogens with zero attached hydrogens (tertiary/aromatic N) is 2. The minimum Gasteiger partial charge on any atom is -0.261 e. The predicted octanol–water partition coefficient (Wildman–Crippen LogP) is 1.76. The van der Waals surface area contributed by atoms with E-state index in [1.165, 1.54) is 0 Å². The third kappa shape index (κ3) is 1.78. The summed E-state index contributed by atoms with van der Waals surface area (Å²) in [6, 6.07) is 4.08. The maximum absolute atomic E-state index is 8.46. The summed E-state index contributed by atoms with van der Waals surface area (Å²) in [5.41, 5.74) is 3.15. The van der Waals surface area contributed by atoms with E-state index < -0.39 is 0 Å². The lowest BCUT2D eigenvalue weighted by atomic mass is 10.1. The summed E-state index contributed by atoms with van der Waals surface area (Å²) in [5.74, 6) is 0. The summed E-state index contributed by atoms with van der Waals surface area (Å²) in [6.45, 7) is 3.90. The minimum absolute atomic E-state index is 0.481. The third-order valence-electron chi connectivity index (χ3n) is 1.62. The number of hydrogen-bond acceptors (Lipinski definition) is 2. The van der Waals surface area contributed by atoms with Crippen molar-refractivity contribution >= 4 is 0 Å². The maximum atomic E-state index is 8.46. The van der Waals surface area contributed by atoms with Gasteiger partial charge in [-0.3, -0.25) is 4.98 Å². The molecule has 0 saturated carbocycles. The average Bonchev–Trinajstić information content (AvgIpc) is 1.98. The van der Waals surface area contributed by atoms with Crippen LogP contribution >= 0.6 is 0 Å². The molecule has 0 unspecified atom stereocenters. The first-order chi connectivity index (χ1) is 5.24. The molecule has 0 radical (unpaired) electrons. The number of rotatable bonds is 1. The van der Waals surface area contributed by atoms with E-state index in [1.807, 2.05) is 26.1 Å². The average molecular weight is 146 g/mol. The van der Waals surface area contributed by atoms with E-state index in [1.54, 1.807) is 0 Å². The second-order valence-corrected chi connectivity index (χ2v) is 2.59. The molecule has 2 heteroatoms. The SMILES string of the molecule is Cc1cc(CC#N)c(C)cn1. The number of aromatic nitrogens is 1. The molecule has 0 bridgehead atoms. The Morgan fingerprint density at radius 3 is 2.91 bits per heavy atom. The Balaban J connectivity index is 3.05. The van der Waals surface area contributed by atoms with Gasteiger partial charge in [-0.15, -0.1) is 0 Å². The number of pyridine rings is 1. The fourth-order valence-electron chi connectivity index (χ4n) is 0.960. The first kappa shape index (κ1) is 7.74. The Morgan fingerprint density at radius 2 is 2.27 bits per heavy atom. The van der Waals surface area contributed by atoms with Gasteiger partial charge in [-0.25, -0.2) is 0 Å². The zero-order valence-electron chi connectivity index (χ0n) is 6.76. The second kappa shape index (κ2) is 3.16. The molecular weight excluding hydrogens is 136 g/mol. The van der Waals surface area contributed by atoms with E-state index in [0.29, 0.717) is 6.42 Å². The van der Waals surface area contributed by atoms with Crippen LogP contribution in [-0.2, 0) is 6.42 Å². The van der Waals surface area contributed by atoms with E-state index >= 15 is 0 Å². The molecule has 1 rings (SSSR count). The van der Waals surface area contributed by atoms with Gasteiger partial charge in [0.05, 0.1) is 12.5 Å². The standard InChI is InChI=1S/C9H10N2/c1-7-6-11-8(2)5-9(7)3-4-10/h5-6H,3H2,1-2H3. The lowest BCUT2D eigenvalue weighted by Gasteiger charge is -2.00. The molecule has 0 N–H and O–H groups in total. The Hall–Kier alpha value is -1.36. The van der Waals surface area contributed by atoms with Crippen molar-refractivity contribution < 1.29 is 0 Å². The summed E-state index contributed by atoms with van der Waals surface area (Å²) < 4.78 is 0. The van der Waals surface area contributed by atoms with Crippen LogP contribution in [0.25, 0.3) is 0 Å². The van der Waals surface area contributed by atoms with Gasteiger partial charge in [0, 0.05) is 11.9 Å². The van der Waals surface area contributed by atoms with E-state index in [2.05, 4.69) is 11.1 Å². The van der Waals surface area contributed by atoms with Crippen LogP contribution in [0.1, 0.15) is 16.8 Å². The van der Waals surface area contributed by atoms with Gasteiger partial charge in [0.15, 0.2) is 0 Å². The minimum atomic E-state index is 0.481. The van der Waals surface area contributed by atoms with Crippen molar-refractivity contribution in [2.75, 3.05) is 0 Å². The highest BCUT2D eigenvalue weighted by atomic mass is 14.7. The fourth-order valence-corrected chi connectivity index (χ4v) is 0.960. The molecular formula is C9H10N2. The molecule has 0 atom stereocenters. The van der Waals surface area contributed by atoms with Crippen molar-refractivity contribution in [1.29, 1.82) is 5.26 Å². The van der Waals surface area contributed by atoms with Crippen molar-refractivity contribution in [3.05, 3.63) is 29.1 Å². The quantitative estimate of drug-likeness (QED) is 0.605. The molecule has 0 aliphatic carbocycles. The zero-order chi connectivity index (χ0) is 8.27. The summed E-state index contributed by atoms with van der Waals surface area (Å²) >= 11 is 0. The molecule has 11 heavy (non-hydrogen) atoms. The van der Waals surface area contributed by atoms with Gasteiger partial charge in [0.2, 0.25) is 0 Å². The molecule has 0 fully saturated rings. The van der Waals surface area contributed by atoms with Crippen LogP contribution in [0, 0.1) is 25.2 Å². The molecule has 1 heterocycles. The summed E-state index contributed by atoms with van der Waals surface area (Å²) in [7, 11) is 0. The van der Waals surface area contributed by atoms with Gasteiger partial charge in [-0.05, 0) is 31.0 Å². The first-order valence-corrected chi connectivity index (χ1v) is 3.53. The molecule has 1 aromatic heterocycles. The maximum Gasteiger partial charge on any atom is 0.0669 e. The molecule has 0 aromatic carbocycles. The predicted molar refractivity (Wildman–Crippen MR) is 43.0 cm³/mol. The Kier molecular flexibility index (Phi) is 2.22. The Morgan fingerprint density at radius 1 is 1.55 bits per heavy atom. The third-order valence-corrected chi connectivity index (χ3v) is 1.62. The monoisotopic (exact) mass is 146 g/mol. The number of aryl methyl sites for hydroxylation is 2. The molecule has 0 spiro atoms. The Bertz CT molecular complexity index is 297. The van der Waals surface area contributed by atoms with Gasteiger partial charge in [0.25, 0.3) is 0 Å². The highest BCUT2D eigenvalue weighted by Gasteiger charge is 1.97. The van der Waals surface area contributed by atoms with E-state index in [4.69, 9.17) is 5.26 Å². The molecule has 56 valence electrons. The summed E-state index contributed by atoms with van der Waals surface area (Å²) in [5, 5.41) is 8.46. The van der Waals surface area contributed by atoms with Gasteiger partial charge in [-0.2, -0.15) is 5.26 Å². The van der Waals surface area contributed by atoms with Crippen molar-refractivity contribution in [2.24, 2.45) is 0 Å². The van der Waals surface area contributed by atoms with Crippen molar-refractivity contribution in [2.45, 2.75) is 20.3 Å². The van der Waals surface area contributed by atoms with Gasteiger partial charge in [0.1, 0.15) is 0 Å². The normalized spacial score (nSPS) is 9.18. The van der Waals surface area contributed by atoms with Gasteiger partial charge in [-0.1, -0.05) is 0 Å². The van der Waals surface area contributed by atoms with Crippen molar-refractivity contribution in [3.63, 3.8) is 0 Å². The number of nitriles is 1. The van der Waals surface area contributed by atoms with Crippen LogP contribution in [0.5, 0.6) is 0 Å². The molecule has 2 nitrogen and oxygen atoms in total. The van der Waals surface area contributed by atoms with E-state index in [9.17, 15) is 0 Å². The summed E-state index contributed by atoms with van der Waals surface area (Å²) in [6.07, 6.45) is 2.29.